The second-order valence-corrected chi connectivity index (χ2v) is 8.54. The van der Waals surface area contributed by atoms with Gasteiger partial charge in [0.1, 0.15) is 0 Å². The third-order valence-electron chi connectivity index (χ3n) is 4.99. The molecule has 2 fully saturated rings. The minimum Gasteiger partial charge on any atom is -0.319 e. The van der Waals surface area contributed by atoms with Crippen molar-refractivity contribution in [3.05, 3.63) is 6.20 Å². The van der Waals surface area contributed by atoms with Gasteiger partial charge in [-0.3, -0.25) is 5.32 Å². The summed E-state index contributed by atoms with van der Waals surface area (Å²) in [5.41, 5.74) is 0. The number of aromatic nitrogens is 1. The molecule has 2 saturated carbocycles. The minimum atomic E-state index is -2.58. The maximum absolute atomic E-state index is 13.5. The Morgan fingerprint density at radius 2 is 1.83 bits per heavy atom. The summed E-state index contributed by atoms with van der Waals surface area (Å²) in [6.45, 7) is 0. The molecule has 1 heterocycles. The molecule has 1 aromatic rings. The summed E-state index contributed by atoms with van der Waals surface area (Å²) in [6, 6.07) is -0.172. The Morgan fingerprint density at radius 1 is 1.21 bits per heavy atom. The molecule has 0 atom stereocenters. The fraction of sp³-hybridized carbons (Fsp3) is 0.750. The van der Waals surface area contributed by atoms with Gasteiger partial charge in [0.15, 0.2) is 5.13 Å². The maximum Gasteiger partial charge on any atom is 0.324 e. The second-order valence-electron chi connectivity index (χ2n) is 6.72. The topological polar surface area (TPSA) is 45.2 Å². The van der Waals surface area contributed by atoms with Gasteiger partial charge in [0, 0.05) is 24.9 Å². The van der Waals surface area contributed by atoms with Crippen molar-refractivity contribution in [3.63, 3.8) is 0 Å². The first-order valence-corrected chi connectivity index (χ1v) is 9.83. The van der Waals surface area contributed by atoms with Crippen LogP contribution in [0.2, 0.25) is 0 Å². The van der Waals surface area contributed by atoms with Crippen LogP contribution in [0.1, 0.15) is 57.8 Å². The standard InChI is InChI=1S/C16H23F2N3OS2/c17-16(18)8-6-12(7-9-16)21(11-4-2-1-3-5-11)15(22)20-14-19-10-13(23)24-14/h10-12,23H,1-9H2,(H,19,20,22). The number of nitrogens with zero attached hydrogens (tertiary/aromatic N) is 2. The lowest BCUT2D eigenvalue weighted by Gasteiger charge is -2.42. The molecule has 2 amide bonds. The van der Waals surface area contributed by atoms with Crippen molar-refractivity contribution in [1.82, 2.24) is 9.88 Å². The molecule has 2 aliphatic carbocycles. The third-order valence-corrected chi connectivity index (χ3v) is 6.09. The largest absolute Gasteiger partial charge is 0.324 e. The number of amides is 2. The molecule has 4 nitrogen and oxygen atoms in total. The van der Waals surface area contributed by atoms with E-state index in [9.17, 15) is 13.6 Å². The number of carbonyl (C=O) groups excluding carboxylic acids is 1. The van der Waals surface area contributed by atoms with E-state index >= 15 is 0 Å². The van der Waals surface area contributed by atoms with Gasteiger partial charge in [0.05, 0.1) is 10.4 Å². The van der Waals surface area contributed by atoms with Gasteiger partial charge in [0.2, 0.25) is 5.92 Å². The summed E-state index contributed by atoms with van der Waals surface area (Å²) in [4.78, 5) is 18.8. The Morgan fingerprint density at radius 3 is 2.42 bits per heavy atom. The van der Waals surface area contributed by atoms with E-state index in [2.05, 4.69) is 22.9 Å². The summed E-state index contributed by atoms with van der Waals surface area (Å²) in [5, 5.41) is 3.34. The summed E-state index contributed by atoms with van der Waals surface area (Å²) in [5.74, 6) is -2.58. The molecule has 24 heavy (non-hydrogen) atoms. The zero-order chi connectivity index (χ0) is 17.2. The number of thiol groups is 1. The lowest BCUT2D eigenvalue weighted by atomic mass is 9.87. The van der Waals surface area contributed by atoms with Gasteiger partial charge in [-0.1, -0.05) is 30.6 Å². The molecule has 0 aromatic carbocycles. The number of rotatable bonds is 3. The van der Waals surface area contributed by atoms with Crippen molar-refractivity contribution >= 4 is 35.1 Å². The van der Waals surface area contributed by atoms with Crippen LogP contribution < -0.4 is 5.32 Å². The molecular weight excluding hydrogens is 352 g/mol. The molecular formula is C16H23F2N3OS2. The predicted octanol–water partition coefficient (Wildman–Crippen LogP) is 5.18. The first-order chi connectivity index (χ1) is 11.4. The number of thiazole rings is 1. The highest BCUT2D eigenvalue weighted by Crippen LogP contribution is 2.37. The highest BCUT2D eigenvalue weighted by atomic mass is 32.2. The Hall–Kier alpha value is -0.890. The van der Waals surface area contributed by atoms with Gasteiger partial charge in [-0.05, 0) is 25.7 Å². The molecule has 0 radical (unpaired) electrons. The summed E-state index contributed by atoms with van der Waals surface area (Å²) >= 11 is 5.51. The molecule has 0 unspecified atom stereocenters. The van der Waals surface area contributed by atoms with Crippen molar-refractivity contribution in [1.29, 1.82) is 0 Å². The Kier molecular flexibility index (Phi) is 5.64. The molecule has 8 heteroatoms. The molecule has 1 N–H and O–H groups in total. The Bertz CT molecular complexity index is 565. The van der Waals surface area contributed by atoms with Crippen LogP contribution in [0.4, 0.5) is 18.7 Å². The van der Waals surface area contributed by atoms with E-state index in [1.807, 2.05) is 4.90 Å². The first-order valence-electron chi connectivity index (χ1n) is 8.56. The summed E-state index contributed by atoms with van der Waals surface area (Å²) in [7, 11) is 0. The predicted molar refractivity (Wildman–Crippen MR) is 94.3 cm³/mol. The number of alkyl halides is 2. The van der Waals surface area contributed by atoms with Gasteiger partial charge in [-0.2, -0.15) is 0 Å². The van der Waals surface area contributed by atoms with Gasteiger partial charge < -0.3 is 4.90 Å². The van der Waals surface area contributed by atoms with Crippen molar-refractivity contribution in [3.8, 4) is 0 Å². The van der Waals surface area contributed by atoms with E-state index in [1.165, 1.54) is 17.8 Å². The van der Waals surface area contributed by atoms with E-state index in [0.29, 0.717) is 18.0 Å². The zero-order valence-electron chi connectivity index (χ0n) is 13.5. The normalized spacial score (nSPS) is 22.3. The smallest absolute Gasteiger partial charge is 0.319 e. The van der Waals surface area contributed by atoms with Gasteiger partial charge in [-0.25, -0.2) is 18.6 Å². The molecule has 3 rings (SSSR count). The van der Waals surface area contributed by atoms with Crippen LogP contribution in [0, 0.1) is 0 Å². The number of urea groups is 1. The molecule has 0 saturated heterocycles. The Balaban J connectivity index is 1.72. The molecule has 0 aliphatic heterocycles. The lowest BCUT2D eigenvalue weighted by Crippen LogP contribution is -2.51. The van der Waals surface area contributed by atoms with Crippen LogP contribution >= 0.6 is 24.0 Å². The van der Waals surface area contributed by atoms with Crippen LogP contribution in [0.3, 0.4) is 0 Å². The first kappa shape index (κ1) is 17.9. The Labute approximate surface area is 150 Å². The highest BCUT2D eigenvalue weighted by molar-refractivity contribution is 7.83. The van der Waals surface area contributed by atoms with Crippen LogP contribution in [-0.2, 0) is 0 Å². The van der Waals surface area contributed by atoms with E-state index in [0.717, 1.165) is 29.9 Å². The number of hydrogen-bond donors (Lipinski definition) is 2. The fourth-order valence-corrected chi connectivity index (χ4v) is 4.64. The number of hydrogen-bond acceptors (Lipinski definition) is 4. The van der Waals surface area contributed by atoms with Gasteiger partial charge >= 0.3 is 6.03 Å². The second kappa shape index (κ2) is 7.56. The lowest BCUT2D eigenvalue weighted by molar-refractivity contribution is -0.0534. The minimum absolute atomic E-state index is 0.108. The van der Waals surface area contributed by atoms with E-state index in [4.69, 9.17) is 0 Å². The van der Waals surface area contributed by atoms with Crippen molar-refractivity contribution in [2.45, 2.75) is 80.0 Å². The van der Waals surface area contributed by atoms with Gasteiger partial charge in [0.25, 0.3) is 0 Å². The molecule has 0 spiro atoms. The molecule has 1 aromatic heterocycles. The molecule has 0 bridgehead atoms. The summed E-state index contributed by atoms with van der Waals surface area (Å²) in [6.07, 6.45) is 7.34. The molecule has 2 aliphatic rings. The average Bonchev–Trinajstić information content (AvgIpc) is 2.95. The van der Waals surface area contributed by atoms with E-state index in [-0.39, 0.29) is 31.0 Å². The highest BCUT2D eigenvalue weighted by Gasteiger charge is 2.40. The number of halogens is 2. The van der Waals surface area contributed by atoms with Crippen LogP contribution in [0.25, 0.3) is 0 Å². The fourth-order valence-electron chi connectivity index (χ4n) is 3.77. The van der Waals surface area contributed by atoms with Gasteiger partial charge in [-0.15, -0.1) is 12.6 Å². The maximum atomic E-state index is 13.5. The van der Waals surface area contributed by atoms with E-state index in [1.54, 1.807) is 6.20 Å². The zero-order valence-corrected chi connectivity index (χ0v) is 15.2. The molecule has 134 valence electrons. The van der Waals surface area contributed by atoms with Crippen molar-refractivity contribution < 1.29 is 13.6 Å². The van der Waals surface area contributed by atoms with Crippen molar-refractivity contribution in [2.75, 3.05) is 5.32 Å². The monoisotopic (exact) mass is 375 g/mol. The quantitative estimate of drug-likeness (QED) is 0.715. The van der Waals surface area contributed by atoms with Crippen LogP contribution in [-0.4, -0.2) is 33.9 Å². The van der Waals surface area contributed by atoms with Crippen LogP contribution in [0.5, 0.6) is 0 Å². The van der Waals surface area contributed by atoms with Crippen LogP contribution in [0.15, 0.2) is 10.4 Å². The van der Waals surface area contributed by atoms with E-state index < -0.39 is 5.92 Å². The number of anilines is 1. The average molecular weight is 376 g/mol. The summed E-state index contributed by atoms with van der Waals surface area (Å²) < 4.78 is 27.7. The third kappa shape index (κ3) is 4.39. The van der Waals surface area contributed by atoms with Crippen molar-refractivity contribution in [2.24, 2.45) is 0 Å². The SMILES string of the molecule is O=C(Nc1ncc(S)s1)N(C1CCCCC1)C1CCC(F)(F)CC1. The number of nitrogens with one attached hydrogen (secondary N) is 1. The number of carbonyl (C=O) groups is 1.